The summed E-state index contributed by atoms with van der Waals surface area (Å²) in [5, 5.41) is 10.8. The maximum atomic E-state index is 11.1. The lowest BCUT2D eigenvalue weighted by Crippen LogP contribution is -2.33. The van der Waals surface area contributed by atoms with Crippen LogP contribution in [0, 0.1) is 0 Å². The number of amides is 1. The van der Waals surface area contributed by atoms with Gasteiger partial charge in [0.25, 0.3) is 0 Å². The molecular weight excluding hydrogens is 214 g/mol. The summed E-state index contributed by atoms with van der Waals surface area (Å²) in [6, 6.07) is 0. The summed E-state index contributed by atoms with van der Waals surface area (Å²) >= 11 is 0. The third kappa shape index (κ3) is 4.41. The number of nitrogens with one attached hydrogen (secondary N) is 1. The van der Waals surface area contributed by atoms with E-state index in [1.807, 2.05) is 0 Å². The molecule has 0 radical (unpaired) electrons. The SMILES string of the molecule is CC1(C)OCC(CNC(=O)/C=C/C(=O)O)O1. The zero-order valence-electron chi connectivity index (χ0n) is 9.23. The Morgan fingerprint density at radius 2 is 2.19 bits per heavy atom. The van der Waals surface area contributed by atoms with Crippen LogP contribution in [0.5, 0.6) is 0 Å². The van der Waals surface area contributed by atoms with Crippen LogP contribution in [-0.4, -0.2) is 42.0 Å². The molecule has 16 heavy (non-hydrogen) atoms. The minimum absolute atomic E-state index is 0.197. The smallest absolute Gasteiger partial charge is 0.328 e. The van der Waals surface area contributed by atoms with Gasteiger partial charge in [-0.05, 0) is 13.8 Å². The number of carbonyl (C=O) groups excluding carboxylic acids is 1. The Morgan fingerprint density at radius 1 is 1.50 bits per heavy atom. The quantitative estimate of drug-likeness (QED) is 0.657. The zero-order valence-corrected chi connectivity index (χ0v) is 9.23. The van der Waals surface area contributed by atoms with Crippen LogP contribution >= 0.6 is 0 Å². The number of hydrogen-bond donors (Lipinski definition) is 2. The fraction of sp³-hybridized carbons (Fsp3) is 0.600. The number of carboxylic acids is 1. The molecule has 0 aliphatic carbocycles. The van der Waals surface area contributed by atoms with Crippen molar-refractivity contribution in [3.8, 4) is 0 Å². The molecule has 6 nitrogen and oxygen atoms in total. The number of hydrogen-bond acceptors (Lipinski definition) is 4. The molecule has 1 heterocycles. The summed E-state index contributed by atoms with van der Waals surface area (Å²) in [5.74, 6) is -2.24. The van der Waals surface area contributed by atoms with Crippen LogP contribution in [0.15, 0.2) is 12.2 Å². The van der Waals surface area contributed by atoms with Gasteiger partial charge in [0.15, 0.2) is 5.79 Å². The van der Waals surface area contributed by atoms with Gasteiger partial charge >= 0.3 is 5.97 Å². The van der Waals surface area contributed by atoms with Crippen LogP contribution in [0.25, 0.3) is 0 Å². The molecule has 1 rings (SSSR count). The van der Waals surface area contributed by atoms with Crippen molar-refractivity contribution in [2.24, 2.45) is 0 Å². The van der Waals surface area contributed by atoms with E-state index in [4.69, 9.17) is 14.6 Å². The van der Waals surface area contributed by atoms with Gasteiger partial charge in [-0.2, -0.15) is 0 Å². The summed E-state index contributed by atoms with van der Waals surface area (Å²) in [4.78, 5) is 21.2. The van der Waals surface area contributed by atoms with E-state index >= 15 is 0 Å². The Kier molecular flexibility index (Phi) is 4.03. The Bertz CT molecular complexity index is 310. The number of ether oxygens (including phenoxy) is 2. The predicted octanol–water partition coefficient (Wildman–Crippen LogP) is -0.105. The third-order valence-corrected chi connectivity index (χ3v) is 1.95. The highest BCUT2D eigenvalue weighted by molar-refractivity contribution is 5.93. The van der Waals surface area contributed by atoms with Crippen molar-refractivity contribution in [3.63, 3.8) is 0 Å². The summed E-state index contributed by atoms with van der Waals surface area (Å²) < 4.78 is 10.7. The largest absolute Gasteiger partial charge is 0.478 e. The lowest BCUT2D eigenvalue weighted by molar-refractivity contribution is -0.139. The monoisotopic (exact) mass is 229 g/mol. The fourth-order valence-electron chi connectivity index (χ4n) is 1.28. The van der Waals surface area contributed by atoms with Gasteiger partial charge < -0.3 is 19.9 Å². The predicted molar refractivity (Wildman–Crippen MR) is 54.7 cm³/mol. The molecule has 1 aliphatic rings. The molecule has 1 atom stereocenters. The second kappa shape index (κ2) is 5.09. The van der Waals surface area contributed by atoms with E-state index in [9.17, 15) is 9.59 Å². The van der Waals surface area contributed by atoms with Crippen molar-refractivity contribution in [2.75, 3.05) is 13.2 Å². The van der Waals surface area contributed by atoms with Crippen LogP contribution in [0.3, 0.4) is 0 Å². The van der Waals surface area contributed by atoms with Gasteiger partial charge in [-0.3, -0.25) is 4.79 Å². The second-order valence-electron chi connectivity index (χ2n) is 3.87. The van der Waals surface area contributed by atoms with Gasteiger partial charge in [-0.15, -0.1) is 0 Å². The standard InChI is InChI=1S/C10H15NO5/c1-10(2)15-6-7(16-10)5-11-8(12)3-4-9(13)14/h3-4,7H,5-6H2,1-2H3,(H,11,12)(H,13,14)/b4-3+. The summed E-state index contributed by atoms with van der Waals surface area (Å²) in [6.07, 6.45) is 1.55. The summed E-state index contributed by atoms with van der Waals surface area (Å²) in [5.41, 5.74) is 0. The van der Waals surface area contributed by atoms with Crippen molar-refractivity contribution in [1.29, 1.82) is 0 Å². The molecule has 0 aromatic rings. The first-order chi connectivity index (χ1) is 7.39. The minimum atomic E-state index is -1.16. The third-order valence-electron chi connectivity index (χ3n) is 1.95. The molecule has 1 fully saturated rings. The van der Waals surface area contributed by atoms with E-state index in [1.165, 1.54) is 0 Å². The Balaban J connectivity index is 2.25. The normalized spacial score (nSPS) is 23.5. The minimum Gasteiger partial charge on any atom is -0.478 e. The molecule has 2 N–H and O–H groups in total. The van der Waals surface area contributed by atoms with E-state index in [0.717, 1.165) is 12.2 Å². The first kappa shape index (κ1) is 12.7. The Hall–Kier alpha value is -1.40. The fourth-order valence-corrected chi connectivity index (χ4v) is 1.28. The van der Waals surface area contributed by atoms with Crippen molar-refractivity contribution in [2.45, 2.75) is 25.7 Å². The van der Waals surface area contributed by atoms with E-state index in [1.54, 1.807) is 13.8 Å². The number of carbonyl (C=O) groups is 2. The summed E-state index contributed by atoms with van der Waals surface area (Å²) in [6.45, 7) is 4.29. The van der Waals surface area contributed by atoms with Crippen LogP contribution in [-0.2, 0) is 19.1 Å². The number of rotatable bonds is 4. The Labute approximate surface area is 93.2 Å². The van der Waals surface area contributed by atoms with Gasteiger partial charge in [-0.25, -0.2) is 4.79 Å². The lowest BCUT2D eigenvalue weighted by atomic mass is 10.3. The lowest BCUT2D eigenvalue weighted by Gasteiger charge is -2.16. The van der Waals surface area contributed by atoms with E-state index < -0.39 is 17.7 Å². The molecule has 0 aromatic carbocycles. The van der Waals surface area contributed by atoms with Gasteiger partial charge in [0.2, 0.25) is 5.91 Å². The molecule has 0 bridgehead atoms. The molecule has 1 unspecified atom stereocenters. The molecular formula is C10H15NO5. The van der Waals surface area contributed by atoms with Gasteiger partial charge in [0, 0.05) is 18.7 Å². The van der Waals surface area contributed by atoms with E-state index in [2.05, 4.69) is 5.32 Å². The average molecular weight is 229 g/mol. The van der Waals surface area contributed by atoms with E-state index in [0.29, 0.717) is 13.2 Å². The van der Waals surface area contributed by atoms with Crippen molar-refractivity contribution >= 4 is 11.9 Å². The van der Waals surface area contributed by atoms with Crippen LogP contribution in [0.1, 0.15) is 13.8 Å². The highest BCUT2D eigenvalue weighted by Crippen LogP contribution is 2.21. The molecule has 0 saturated carbocycles. The number of aliphatic carboxylic acids is 1. The van der Waals surface area contributed by atoms with Gasteiger partial charge in [-0.1, -0.05) is 0 Å². The first-order valence-corrected chi connectivity index (χ1v) is 4.90. The maximum Gasteiger partial charge on any atom is 0.328 e. The average Bonchev–Trinajstić information content (AvgIpc) is 2.52. The molecule has 0 spiro atoms. The highest BCUT2D eigenvalue weighted by atomic mass is 16.7. The van der Waals surface area contributed by atoms with Gasteiger partial charge in [0.1, 0.15) is 6.10 Å². The molecule has 6 heteroatoms. The molecule has 90 valence electrons. The van der Waals surface area contributed by atoms with Crippen molar-refractivity contribution < 1.29 is 24.2 Å². The zero-order chi connectivity index (χ0) is 12.2. The number of carboxylic acid groups (broad SMARTS) is 1. The first-order valence-electron chi connectivity index (χ1n) is 4.90. The second-order valence-corrected chi connectivity index (χ2v) is 3.87. The maximum absolute atomic E-state index is 11.1. The van der Waals surface area contributed by atoms with E-state index in [-0.39, 0.29) is 6.10 Å². The van der Waals surface area contributed by atoms with Crippen LogP contribution < -0.4 is 5.32 Å². The van der Waals surface area contributed by atoms with Crippen LogP contribution in [0.2, 0.25) is 0 Å². The van der Waals surface area contributed by atoms with Gasteiger partial charge in [0.05, 0.1) is 6.61 Å². The topological polar surface area (TPSA) is 84.9 Å². The van der Waals surface area contributed by atoms with Crippen molar-refractivity contribution in [1.82, 2.24) is 5.32 Å². The highest BCUT2D eigenvalue weighted by Gasteiger charge is 2.32. The molecule has 1 saturated heterocycles. The molecule has 1 amide bonds. The van der Waals surface area contributed by atoms with Crippen molar-refractivity contribution in [3.05, 3.63) is 12.2 Å². The Morgan fingerprint density at radius 3 is 2.69 bits per heavy atom. The summed E-state index contributed by atoms with van der Waals surface area (Å²) in [7, 11) is 0. The van der Waals surface area contributed by atoms with Crippen LogP contribution in [0.4, 0.5) is 0 Å². The molecule has 1 aliphatic heterocycles. The molecule has 0 aromatic heterocycles.